The molecule has 0 bridgehead atoms. The van der Waals surface area contributed by atoms with Crippen molar-refractivity contribution in [3.05, 3.63) is 24.3 Å². The van der Waals surface area contributed by atoms with Crippen LogP contribution in [0.2, 0.25) is 0 Å². The molecule has 0 aliphatic heterocycles. The lowest BCUT2D eigenvalue weighted by Gasteiger charge is -2.22. The zero-order valence-corrected chi connectivity index (χ0v) is 41.6. The van der Waals surface area contributed by atoms with Crippen molar-refractivity contribution in [1.29, 1.82) is 0 Å². The molecule has 0 aliphatic rings. The molecule has 1 amide bonds. The van der Waals surface area contributed by atoms with Gasteiger partial charge in [0.15, 0.2) is 0 Å². The number of aliphatic hydroxyl groups is 2. The summed E-state index contributed by atoms with van der Waals surface area (Å²) >= 11 is 0. The number of hydrogen-bond donors (Lipinski definition) is 3. The molecule has 2 atom stereocenters. The van der Waals surface area contributed by atoms with E-state index in [1.807, 2.05) is 0 Å². The maximum absolute atomic E-state index is 12.4. The molecule has 6 nitrogen and oxygen atoms in total. The molecule has 3 N–H and O–H groups in total. The summed E-state index contributed by atoms with van der Waals surface area (Å²) in [6.45, 7) is 4.90. The topological polar surface area (TPSA) is 95.9 Å². The fourth-order valence-corrected chi connectivity index (χ4v) is 8.44. The number of hydrogen-bond acceptors (Lipinski definition) is 5. The van der Waals surface area contributed by atoms with Crippen molar-refractivity contribution >= 4 is 11.9 Å². The zero-order chi connectivity index (χ0) is 45.1. The quantitative estimate of drug-likeness (QED) is 0.0321. The molecule has 0 saturated carbocycles. The zero-order valence-electron chi connectivity index (χ0n) is 41.6. The van der Waals surface area contributed by atoms with Gasteiger partial charge in [0.1, 0.15) is 0 Å². The second-order valence-corrected chi connectivity index (χ2v) is 18.9. The molecular weight excluding hydrogens is 767 g/mol. The molecule has 0 fully saturated rings. The Kier molecular flexibility index (Phi) is 50.6. The van der Waals surface area contributed by atoms with Crippen molar-refractivity contribution in [2.75, 3.05) is 13.2 Å². The fourth-order valence-electron chi connectivity index (χ4n) is 8.44. The number of aliphatic hydroxyl groups excluding tert-OH is 2. The average Bonchev–Trinajstić information content (AvgIpc) is 3.27. The van der Waals surface area contributed by atoms with Gasteiger partial charge in [0.05, 0.1) is 25.4 Å². The van der Waals surface area contributed by atoms with E-state index >= 15 is 0 Å². The number of carbonyl (C=O) groups is 2. The smallest absolute Gasteiger partial charge is 0.305 e. The van der Waals surface area contributed by atoms with Gasteiger partial charge >= 0.3 is 5.97 Å². The molecule has 0 heterocycles. The van der Waals surface area contributed by atoms with Gasteiger partial charge in [-0.1, -0.05) is 237 Å². The number of esters is 1. The highest BCUT2D eigenvalue weighted by molar-refractivity contribution is 5.76. The Hall–Kier alpha value is -1.66. The first kappa shape index (κ1) is 60.3. The lowest BCUT2D eigenvalue weighted by Crippen LogP contribution is -2.45. The van der Waals surface area contributed by atoms with Crippen LogP contribution >= 0.6 is 0 Å². The molecule has 0 rings (SSSR count). The Labute approximate surface area is 386 Å². The average molecular weight is 874 g/mol. The summed E-state index contributed by atoms with van der Waals surface area (Å²) in [6.07, 6.45) is 61.7. The van der Waals surface area contributed by atoms with E-state index in [9.17, 15) is 19.8 Å². The van der Waals surface area contributed by atoms with E-state index in [4.69, 9.17) is 4.74 Å². The van der Waals surface area contributed by atoms with Gasteiger partial charge < -0.3 is 20.3 Å². The van der Waals surface area contributed by atoms with Crippen LogP contribution in [0.4, 0.5) is 0 Å². The van der Waals surface area contributed by atoms with Crippen LogP contribution in [0.3, 0.4) is 0 Å². The van der Waals surface area contributed by atoms with Crippen LogP contribution in [0.25, 0.3) is 0 Å². The molecule has 0 aromatic heterocycles. The first-order chi connectivity index (χ1) is 30.5. The van der Waals surface area contributed by atoms with Crippen LogP contribution < -0.4 is 5.32 Å². The van der Waals surface area contributed by atoms with Gasteiger partial charge in [0.2, 0.25) is 5.91 Å². The predicted octanol–water partition coefficient (Wildman–Crippen LogP) is 16.7. The number of ether oxygens (including phenoxy) is 1. The Bertz CT molecular complexity index is 966. The molecular formula is C56H107NO5. The standard InChI is InChI=1S/C56H107NO5/c1-3-5-7-9-11-13-15-29-32-36-40-44-48-54(59)53(52-58)57-55(60)49-45-41-37-33-30-26-24-22-20-18-16-17-19-21-23-25-27-31-35-39-43-47-51-62-56(61)50-46-42-38-34-28-14-12-10-8-6-4-2/h10,12,18,20,53-54,58-59H,3-9,11,13-17,19,21-52H2,1-2H3,(H,57,60)/b12-10-,20-18-. The molecule has 6 heteroatoms. The molecule has 0 aliphatic carbocycles. The Balaban J connectivity index is 3.42. The lowest BCUT2D eigenvalue weighted by atomic mass is 10.0. The molecule has 0 aromatic carbocycles. The lowest BCUT2D eigenvalue weighted by molar-refractivity contribution is -0.143. The number of allylic oxidation sites excluding steroid dienone is 4. The van der Waals surface area contributed by atoms with Crippen LogP contribution in [0, 0.1) is 0 Å². The largest absolute Gasteiger partial charge is 0.466 e. The number of unbranched alkanes of at least 4 members (excludes halogenated alkanes) is 36. The number of amides is 1. The highest BCUT2D eigenvalue weighted by atomic mass is 16.5. The maximum Gasteiger partial charge on any atom is 0.305 e. The van der Waals surface area contributed by atoms with Crippen LogP contribution in [0.1, 0.15) is 296 Å². The van der Waals surface area contributed by atoms with E-state index in [1.54, 1.807) is 0 Å². The molecule has 0 spiro atoms. The Morgan fingerprint density at radius 2 is 0.774 bits per heavy atom. The summed E-state index contributed by atoms with van der Waals surface area (Å²) in [6, 6.07) is -0.545. The van der Waals surface area contributed by atoms with Crippen molar-refractivity contribution in [1.82, 2.24) is 5.32 Å². The van der Waals surface area contributed by atoms with Crippen LogP contribution in [-0.2, 0) is 14.3 Å². The van der Waals surface area contributed by atoms with E-state index < -0.39 is 12.1 Å². The van der Waals surface area contributed by atoms with Gasteiger partial charge in [-0.15, -0.1) is 0 Å². The normalized spacial score (nSPS) is 12.8. The number of rotatable bonds is 51. The second kappa shape index (κ2) is 52.0. The van der Waals surface area contributed by atoms with Gasteiger partial charge in [-0.2, -0.15) is 0 Å². The predicted molar refractivity (Wildman–Crippen MR) is 269 cm³/mol. The SMILES string of the molecule is CCCC/C=C\CCCCCCCC(=O)OCCCCCCCCCCCCC/C=C\CCCCCCCCCC(=O)NC(CO)C(O)CCCCCCCCCCCCCC. The summed E-state index contributed by atoms with van der Waals surface area (Å²) in [5.74, 6) is -0.0437. The van der Waals surface area contributed by atoms with Gasteiger partial charge in [-0.25, -0.2) is 0 Å². The Morgan fingerprint density at radius 1 is 0.435 bits per heavy atom. The summed E-state index contributed by atoms with van der Waals surface area (Å²) in [4.78, 5) is 24.4. The van der Waals surface area contributed by atoms with E-state index in [2.05, 4.69) is 43.5 Å². The first-order valence-electron chi connectivity index (χ1n) is 27.6. The minimum Gasteiger partial charge on any atom is -0.466 e. The number of nitrogens with one attached hydrogen (secondary N) is 1. The molecule has 366 valence electrons. The third-order valence-electron chi connectivity index (χ3n) is 12.7. The van der Waals surface area contributed by atoms with Gasteiger partial charge in [0, 0.05) is 12.8 Å². The van der Waals surface area contributed by atoms with Crippen molar-refractivity contribution in [2.45, 2.75) is 309 Å². The van der Waals surface area contributed by atoms with E-state index in [-0.39, 0.29) is 18.5 Å². The summed E-state index contributed by atoms with van der Waals surface area (Å²) in [5.41, 5.74) is 0. The highest BCUT2D eigenvalue weighted by Crippen LogP contribution is 2.16. The van der Waals surface area contributed by atoms with Crippen LogP contribution in [-0.4, -0.2) is 47.4 Å². The molecule has 0 radical (unpaired) electrons. The van der Waals surface area contributed by atoms with Crippen LogP contribution in [0.5, 0.6) is 0 Å². The van der Waals surface area contributed by atoms with Crippen LogP contribution in [0.15, 0.2) is 24.3 Å². The van der Waals surface area contributed by atoms with E-state index in [0.29, 0.717) is 25.9 Å². The van der Waals surface area contributed by atoms with Crippen molar-refractivity contribution in [3.63, 3.8) is 0 Å². The monoisotopic (exact) mass is 874 g/mol. The van der Waals surface area contributed by atoms with Crippen molar-refractivity contribution in [2.24, 2.45) is 0 Å². The van der Waals surface area contributed by atoms with Gasteiger partial charge in [-0.05, 0) is 70.6 Å². The van der Waals surface area contributed by atoms with E-state index in [0.717, 1.165) is 44.9 Å². The van der Waals surface area contributed by atoms with Gasteiger partial charge in [0.25, 0.3) is 0 Å². The summed E-state index contributed by atoms with van der Waals surface area (Å²) in [7, 11) is 0. The molecule has 0 aromatic rings. The number of carbonyl (C=O) groups excluding carboxylic acids is 2. The second-order valence-electron chi connectivity index (χ2n) is 18.9. The summed E-state index contributed by atoms with van der Waals surface area (Å²) < 4.78 is 5.45. The highest BCUT2D eigenvalue weighted by Gasteiger charge is 2.20. The maximum atomic E-state index is 12.4. The minimum absolute atomic E-state index is 0.00135. The molecule has 2 unspecified atom stereocenters. The third kappa shape index (κ3) is 47.8. The minimum atomic E-state index is -0.667. The van der Waals surface area contributed by atoms with Gasteiger partial charge in [-0.3, -0.25) is 9.59 Å². The molecule has 62 heavy (non-hydrogen) atoms. The first-order valence-corrected chi connectivity index (χ1v) is 27.6. The Morgan fingerprint density at radius 3 is 1.19 bits per heavy atom. The van der Waals surface area contributed by atoms with Crippen molar-refractivity contribution < 1.29 is 24.5 Å². The summed E-state index contributed by atoms with van der Waals surface area (Å²) in [5, 5.41) is 23.2. The molecule has 0 saturated heterocycles. The fraction of sp³-hybridized carbons (Fsp3) is 0.893. The van der Waals surface area contributed by atoms with Crippen molar-refractivity contribution in [3.8, 4) is 0 Å². The third-order valence-corrected chi connectivity index (χ3v) is 12.7. The van der Waals surface area contributed by atoms with E-state index in [1.165, 1.54) is 218 Å².